The maximum Gasteiger partial charge on any atom is 0.0827 e. The van der Waals surface area contributed by atoms with Crippen molar-refractivity contribution in [3.8, 4) is 0 Å². The molecule has 1 saturated carbocycles. The molecule has 0 heterocycles. The molecule has 1 aliphatic carbocycles. The minimum atomic E-state index is -0.406. The molecule has 0 unspecified atom stereocenters. The van der Waals surface area contributed by atoms with Gasteiger partial charge in [-0.1, -0.05) is 97.7 Å². The fourth-order valence-corrected chi connectivity index (χ4v) is 6.10. The fraction of sp³-hybridized carbons (Fsp3) is 0.400. The minimum absolute atomic E-state index is 0.406. The van der Waals surface area contributed by atoms with Crippen LogP contribution in [-0.2, 0) is 0 Å². The van der Waals surface area contributed by atoms with Gasteiger partial charge in [-0.25, -0.2) is 0 Å². The van der Waals surface area contributed by atoms with Crippen LogP contribution in [0.3, 0.4) is 0 Å². The molecule has 1 heteroatoms. The Morgan fingerprint density at radius 2 is 1.48 bits per heavy atom. The van der Waals surface area contributed by atoms with Crippen LogP contribution in [0.1, 0.15) is 37.2 Å². The Kier molecular flexibility index (Phi) is 4.92. The average Bonchev–Trinajstić information content (AvgIpc) is 2.57. The third-order valence-corrected chi connectivity index (χ3v) is 7.43. The molecule has 109 valence electrons. The van der Waals surface area contributed by atoms with Crippen LogP contribution in [0.2, 0.25) is 12.6 Å². The van der Waals surface area contributed by atoms with Crippen LogP contribution in [-0.4, -0.2) is 8.80 Å². The molecular weight excluding hydrogens is 268 g/mol. The molecule has 0 spiro atoms. The van der Waals surface area contributed by atoms with Gasteiger partial charge in [0.25, 0.3) is 0 Å². The summed E-state index contributed by atoms with van der Waals surface area (Å²) in [6, 6.07) is 23.8. The normalized spacial score (nSPS) is 22.4. The molecule has 1 fully saturated rings. The lowest BCUT2D eigenvalue weighted by molar-refractivity contribution is 0.329. The summed E-state index contributed by atoms with van der Waals surface area (Å²) in [6.07, 6.45) is 5.65. The Labute approximate surface area is 130 Å². The van der Waals surface area contributed by atoms with Crippen LogP contribution in [0.15, 0.2) is 60.7 Å². The van der Waals surface area contributed by atoms with Gasteiger partial charge in [-0.05, 0) is 23.8 Å². The van der Waals surface area contributed by atoms with Gasteiger partial charge in [0.1, 0.15) is 0 Å². The SMILES string of the molecule is C[Si](C[C@@H]1CCCC[C@H]1c1ccccc1)c1ccccc1. The zero-order valence-electron chi connectivity index (χ0n) is 13.0. The third-order valence-electron chi connectivity index (χ3n) is 4.97. The zero-order chi connectivity index (χ0) is 14.5. The molecule has 2 aromatic rings. The number of rotatable bonds is 4. The molecule has 0 aromatic heterocycles. The molecule has 0 amide bonds. The molecule has 0 aliphatic heterocycles. The Morgan fingerprint density at radius 3 is 2.19 bits per heavy atom. The van der Waals surface area contributed by atoms with E-state index in [1.807, 2.05) is 0 Å². The van der Waals surface area contributed by atoms with E-state index >= 15 is 0 Å². The first-order valence-electron chi connectivity index (χ1n) is 8.27. The zero-order valence-corrected chi connectivity index (χ0v) is 14.0. The monoisotopic (exact) mass is 293 g/mol. The van der Waals surface area contributed by atoms with E-state index < -0.39 is 8.80 Å². The summed E-state index contributed by atoms with van der Waals surface area (Å²) in [5.41, 5.74) is 1.57. The molecule has 0 N–H and O–H groups in total. The molecule has 1 aliphatic rings. The average molecular weight is 294 g/mol. The van der Waals surface area contributed by atoms with E-state index in [9.17, 15) is 0 Å². The summed E-state index contributed by atoms with van der Waals surface area (Å²) in [5.74, 6) is 1.68. The standard InChI is InChI=1S/C20H25Si/c1-21(19-13-6-3-7-14-19)16-18-12-8-9-15-20(18)17-10-4-2-5-11-17/h2-7,10-11,13-14,18,20H,8-9,12,15-16H2,1H3/t18-,20-/m0/s1. The Balaban J connectivity index is 1.73. The van der Waals surface area contributed by atoms with E-state index in [0.717, 1.165) is 11.8 Å². The van der Waals surface area contributed by atoms with Crippen molar-refractivity contribution in [2.75, 3.05) is 0 Å². The van der Waals surface area contributed by atoms with Gasteiger partial charge in [-0.15, -0.1) is 0 Å². The topological polar surface area (TPSA) is 0 Å². The first-order chi connectivity index (χ1) is 10.3. The molecular formula is C20H25Si. The first kappa shape index (κ1) is 14.6. The van der Waals surface area contributed by atoms with Crippen LogP contribution in [0, 0.1) is 5.92 Å². The highest BCUT2D eigenvalue weighted by atomic mass is 28.3. The maximum atomic E-state index is 2.50. The third kappa shape index (κ3) is 3.65. The highest BCUT2D eigenvalue weighted by Gasteiger charge is 2.28. The molecule has 3 rings (SSSR count). The Bertz CT molecular complexity index is 534. The van der Waals surface area contributed by atoms with Gasteiger partial charge in [0, 0.05) is 0 Å². The van der Waals surface area contributed by atoms with Gasteiger partial charge in [-0.3, -0.25) is 0 Å². The van der Waals surface area contributed by atoms with Crippen molar-refractivity contribution in [3.63, 3.8) is 0 Å². The lowest BCUT2D eigenvalue weighted by atomic mass is 9.76. The second-order valence-electron chi connectivity index (χ2n) is 6.41. The molecule has 21 heavy (non-hydrogen) atoms. The minimum Gasteiger partial charge on any atom is -0.0669 e. The number of hydrogen-bond donors (Lipinski definition) is 0. The van der Waals surface area contributed by atoms with E-state index in [1.54, 1.807) is 10.8 Å². The van der Waals surface area contributed by atoms with E-state index in [2.05, 4.69) is 67.2 Å². The quantitative estimate of drug-likeness (QED) is 0.696. The second-order valence-corrected chi connectivity index (χ2v) is 8.96. The van der Waals surface area contributed by atoms with Crippen LogP contribution < -0.4 is 5.19 Å². The Hall–Kier alpha value is -1.34. The van der Waals surface area contributed by atoms with Crippen molar-refractivity contribution < 1.29 is 0 Å². The predicted octanol–water partition coefficient (Wildman–Crippen LogP) is 4.99. The van der Waals surface area contributed by atoms with E-state index in [0.29, 0.717) is 0 Å². The van der Waals surface area contributed by atoms with Crippen molar-refractivity contribution >= 4 is 14.0 Å². The number of hydrogen-bond acceptors (Lipinski definition) is 0. The van der Waals surface area contributed by atoms with Crippen molar-refractivity contribution in [3.05, 3.63) is 66.2 Å². The summed E-state index contributed by atoms with van der Waals surface area (Å²) in [5, 5.41) is 1.60. The molecule has 0 bridgehead atoms. The largest absolute Gasteiger partial charge is 0.0827 e. The Morgan fingerprint density at radius 1 is 0.857 bits per heavy atom. The van der Waals surface area contributed by atoms with Gasteiger partial charge in [0.2, 0.25) is 0 Å². The van der Waals surface area contributed by atoms with Gasteiger partial charge in [0.15, 0.2) is 0 Å². The van der Waals surface area contributed by atoms with Gasteiger partial charge < -0.3 is 0 Å². The smallest absolute Gasteiger partial charge is 0.0669 e. The van der Waals surface area contributed by atoms with E-state index in [1.165, 1.54) is 31.7 Å². The van der Waals surface area contributed by atoms with Crippen LogP contribution in [0.25, 0.3) is 0 Å². The second kappa shape index (κ2) is 7.08. The van der Waals surface area contributed by atoms with Crippen LogP contribution in [0.5, 0.6) is 0 Å². The van der Waals surface area contributed by atoms with Gasteiger partial charge in [0.05, 0.1) is 8.80 Å². The van der Waals surface area contributed by atoms with E-state index in [-0.39, 0.29) is 0 Å². The predicted molar refractivity (Wildman–Crippen MR) is 93.6 cm³/mol. The number of benzene rings is 2. The molecule has 0 saturated heterocycles. The fourth-order valence-electron chi connectivity index (χ4n) is 3.82. The summed E-state index contributed by atoms with van der Waals surface area (Å²) in [4.78, 5) is 0. The van der Waals surface area contributed by atoms with Crippen LogP contribution in [0.4, 0.5) is 0 Å². The maximum absolute atomic E-state index is 2.50. The highest BCUT2D eigenvalue weighted by Crippen LogP contribution is 2.40. The highest BCUT2D eigenvalue weighted by molar-refractivity contribution is 6.72. The van der Waals surface area contributed by atoms with Crippen molar-refractivity contribution in [1.29, 1.82) is 0 Å². The van der Waals surface area contributed by atoms with Crippen LogP contribution >= 0.6 is 0 Å². The molecule has 2 aromatic carbocycles. The van der Waals surface area contributed by atoms with Crippen molar-refractivity contribution in [2.45, 2.75) is 44.2 Å². The van der Waals surface area contributed by atoms with Gasteiger partial charge in [-0.2, -0.15) is 0 Å². The summed E-state index contributed by atoms with van der Waals surface area (Å²) in [7, 11) is -0.406. The summed E-state index contributed by atoms with van der Waals surface area (Å²) < 4.78 is 0. The van der Waals surface area contributed by atoms with E-state index in [4.69, 9.17) is 0 Å². The molecule has 1 radical (unpaired) electrons. The first-order valence-corrected chi connectivity index (χ1v) is 10.5. The summed E-state index contributed by atoms with van der Waals surface area (Å²) >= 11 is 0. The summed E-state index contributed by atoms with van der Waals surface area (Å²) in [6.45, 7) is 2.50. The molecule has 2 atom stereocenters. The van der Waals surface area contributed by atoms with Gasteiger partial charge >= 0.3 is 0 Å². The molecule has 0 nitrogen and oxygen atoms in total. The lowest BCUT2D eigenvalue weighted by Gasteiger charge is -2.33. The lowest BCUT2D eigenvalue weighted by Crippen LogP contribution is -2.31. The van der Waals surface area contributed by atoms with Crippen molar-refractivity contribution in [2.24, 2.45) is 5.92 Å². The van der Waals surface area contributed by atoms with Crippen molar-refractivity contribution in [1.82, 2.24) is 0 Å².